The van der Waals surface area contributed by atoms with Gasteiger partial charge in [0.2, 0.25) is 12.7 Å². The number of amides is 1. The number of ether oxygens (including phenoxy) is 2. The lowest BCUT2D eigenvalue weighted by Gasteiger charge is -2.13. The van der Waals surface area contributed by atoms with Crippen molar-refractivity contribution in [1.29, 1.82) is 0 Å². The summed E-state index contributed by atoms with van der Waals surface area (Å²) in [6.07, 6.45) is 3.05. The molecule has 0 bridgehead atoms. The van der Waals surface area contributed by atoms with Crippen molar-refractivity contribution in [1.82, 2.24) is 5.32 Å². The molecule has 0 radical (unpaired) electrons. The molecule has 6 heteroatoms. The summed E-state index contributed by atoms with van der Waals surface area (Å²) in [5, 5.41) is 2.88. The standard InChI is InChI=1S/C18H15BrFNO3/c1-11(13-4-6-16-17(9-13)24-10-23-16)21-18(22)7-3-12-2-5-15(20)14(19)8-12/h2-9,11H,10H2,1H3,(H,21,22)/b7-3+. The summed E-state index contributed by atoms with van der Waals surface area (Å²) in [5.74, 6) is 0.813. The van der Waals surface area contributed by atoms with E-state index in [0.29, 0.717) is 16.0 Å². The Morgan fingerprint density at radius 2 is 2.04 bits per heavy atom. The van der Waals surface area contributed by atoms with E-state index in [0.717, 1.165) is 11.1 Å². The molecule has 1 amide bonds. The van der Waals surface area contributed by atoms with Gasteiger partial charge in [0.15, 0.2) is 11.5 Å². The van der Waals surface area contributed by atoms with Crippen LogP contribution in [0.15, 0.2) is 46.9 Å². The van der Waals surface area contributed by atoms with Gasteiger partial charge >= 0.3 is 0 Å². The third kappa shape index (κ3) is 3.76. The Bertz CT molecular complexity index is 807. The van der Waals surface area contributed by atoms with Crippen LogP contribution in [0.2, 0.25) is 0 Å². The van der Waals surface area contributed by atoms with Gasteiger partial charge in [-0.15, -0.1) is 0 Å². The molecule has 1 atom stereocenters. The summed E-state index contributed by atoms with van der Waals surface area (Å²) < 4.78 is 24.1. The number of halogens is 2. The molecule has 0 saturated carbocycles. The van der Waals surface area contributed by atoms with Crippen molar-refractivity contribution in [2.24, 2.45) is 0 Å². The second kappa shape index (κ2) is 7.05. The number of fused-ring (bicyclic) bond motifs is 1. The smallest absolute Gasteiger partial charge is 0.244 e. The minimum Gasteiger partial charge on any atom is -0.454 e. The van der Waals surface area contributed by atoms with Crippen LogP contribution in [0.1, 0.15) is 24.1 Å². The van der Waals surface area contributed by atoms with Gasteiger partial charge in [-0.1, -0.05) is 12.1 Å². The van der Waals surface area contributed by atoms with Gasteiger partial charge < -0.3 is 14.8 Å². The van der Waals surface area contributed by atoms with E-state index in [9.17, 15) is 9.18 Å². The zero-order chi connectivity index (χ0) is 17.1. The third-order valence-electron chi connectivity index (χ3n) is 3.63. The number of carbonyl (C=O) groups excluding carboxylic acids is 1. The predicted molar refractivity (Wildman–Crippen MR) is 92.3 cm³/mol. The SMILES string of the molecule is CC(NC(=O)/C=C/c1ccc(F)c(Br)c1)c1ccc2c(c1)OCO2. The lowest BCUT2D eigenvalue weighted by Crippen LogP contribution is -2.24. The highest BCUT2D eigenvalue weighted by Crippen LogP contribution is 2.34. The molecule has 3 rings (SSSR count). The molecule has 0 aliphatic carbocycles. The number of hydrogen-bond donors (Lipinski definition) is 1. The molecule has 1 N–H and O–H groups in total. The van der Waals surface area contributed by atoms with Gasteiger partial charge in [-0.2, -0.15) is 0 Å². The lowest BCUT2D eigenvalue weighted by atomic mass is 10.1. The third-order valence-corrected chi connectivity index (χ3v) is 4.23. The zero-order valence-corrected chi connectivity index (χ0v) is 14.5. The van der Waals surface area contributed by atoms with Crippen LogP contribution in [0.25, 0.3) is 6.08 Å². The Balaban J connectivity index is 1.63. The average Bonchev–Trinajstić information content (AvgIpc) is 3.03. The molecule has 0 fully saturated rings. The molecule has 124 valence electrons. The molecule has 0 aromatic heterocycles. The van der Waals surface area contributed by atoms with Crippen LogP contribution in [0, 0.1) is 5.82 Å². The van der Waals surface area contributed by atoms with Gasteiger partial charge in [0.05, 0.1) is 10.5 Å². The van der Waals surface area contributed by atoms with E-state index in [1.165, 1.54) is 12.1 Å². The second-order valence-corrected chi connectivity index (χ2v) is 6.20. The highest BCUT2D eigenvalue weighted by Gasteiger charge is 2.16. The molecule has 2 aromatic rings. The van der Waals surface area contributed by atoms with Crippen molar-refractivity contribution in [3.05, 3.63) is 63.9 Å². The van der Waals surface area contributed by atoms with Crippen LogP contribution in [0.4, 0.5) is 4.39 Å². The van der Waals surface area contributed by atoms with Crippen LogP contribution in [-0.4, -0.2) is 12.7 Å². The topological polar surface area (TPSA) is 47.6 Å². The molecule has 4 nitrogen and oxygen atoms in total. The predicted octanol–water partition coefficient (Wildman–Crippen LogP) is 4.21. The Morgan fingerprint density at radius 1 is 1.25 bits per heavy atom. The van der Waals surface area contributed by atoms with E-state index >= 15 is 0 Å². The monoisotopic (exact) mass is 391 g/mol. The first kappa shape index (κ1) is 16.5. The quantitative estimate of drug-likeness (QED) is 0.794. The Morgan fingerprint density at radius 3 is 2.83 bits per heavy atom. The van der Waals surface area contributed by atoms with Crippen LogP contribution in [-0.2, 0) is 4.79 Å². The maximum atomic E-state index is 13.2. The van der Waals surface area contributed by atoms with Crippen molar-refractivity contribution >= 4 is 27.9 Å². The number of carbonyl (C=O) groups is 1. The number of rotatable bonds is 4. The number of hydrogen-bond acceptors (Lipinski definition) is 3. The Labute approximate surface area is 147 Å². The first-order valence-corrected chi connectivity index (χ1v) is 8.15. The minimum atomic E-state index is -0.340. The van der Waals surface area contributed by atoms with E-state index in [2.05, 4.69) is 21.2 Å². The first-order chi connectivity index (χ1) is 11.5. The fourth-order valence-corrected chi connectivity index (χ4v) is 2.71. The van der Waals surface area contributed by atoms with Crippen molar-refractivity contribution in [3.8, 4) is 11.5 Å². The van der Waals surface area contributed by atoms with Crippen molar-refractivity contribution in [2.75, 3.05) is 6.79 Å². The molecule has 2 aromatic carbocycles. The molecule has 1 aliphatic heterocycles. The highest BCUT2D eigenvalue weighted by molar-refractivity contribution is 9.10. The summed E-state index contributed by atoms with van der Waals surface area (Å²) in [4.78, 5) is 12.0. The fourth-order valence-electron chi connectivity index (χ4n) is 2.32. The van der Waals surface area contributed by atoms with Crippen molar-refractivity contribution in [3.63, 3.8) is 0 Å². The van der Waals surface area contributed by atoms with Crippen LogP contribution in [0.5, 0.6) is 11.5 Å². The average molecular weight is 392 g/mol. The van der Waals surface area contributed by atoms with E-state index in [1.54, 1.807) is 18.2 Å². The molecule has 1 aliphatic rings. The van der Waals surface area contributed by atoms with Gasteiger partial charge in [-0.05, 0) is 64.3 Å². The summed E-state index contributed by atoms with van der Waals surface area (Å²) in [6, 6.07) is 9.94. The van der Waals surface area contributed by atoms with Crippen molar-refractivity contribution < 1.29 is 18.7 Å². The Kier molecular flexibility index (Phi) is 4.85. The summed E-state index contributed by atoms with van der Waals surface area (Å²) in [7, 11) is 0. The van der Waals surface area contributed by atoms with Gasteiger partial charge in [0.1, 0.15) is 5.82 Å². The van der Waals surface area contributed by atoms with Gasteiger partial charge in [-0.3, -0.25) is 4.79 Å². The van der Waals surface area contributed by atoms with Crippen LogP contribution in [0.3, 0.4) is 0 Å². The van der Waals surface area contributed by atoms with E-state index in [1.807, 2.05) is 25.1 Å². The zero-order valence-electron chi connectivity index (χ0n) is 12.9. The summed E-state index contributed by atoms with van der Waals surface area (Å²) >= 11 is 3.12. The normalized spacial score (nSPS) is 14.0. The molecule has 0 saturated heterocycles. The number of benzene rings is 2. The van der Waals surface area contributed by atoms with Crippen molar-refractivity contribution in [2.45, 2.75) is 13.0 Å². The summed E-state index contributed by atoms with van der Waals surface area (Å²) in [5.41, 5.74) is 1.65. The van der Waals surface area contributed by atoms with Crippen LogP contribution < -0.4 is 14.8 Å². The minimum absolute atomic E-state index is 0.184. The van der Waals surface area contributed by atoms with E-state index in [-0.39, 0.29) is 24.6 Å². The molecule has 24 heavy (non-hydrogen) atoms. The van der Waals surface area contributed by atoms with Gasteiger partial charge in [0, 0.05) is 6.08 Å². The number of nitrogens with one attached hydrogen (secondary N) is 1. The van der Waals surface area contributed by atoms with Crippen LogP contribution >= 0.6 is 15.9 Å². The largest absolute Gasteiger partial charge is 0.454 e. The summed E-state index contributed by atoms with van der Waals surface area (Å²) in [6.45, 7) is 2.10. The van der Waals surface area contributed by atoms with E-state index in [4.69, 9.17) is 9.47 Å². The Hall–Kier alpha value is -2.34. The lowest BCUT2D eigenvalue weighted by molar-refractivity contribution is -0.117. The van der Waals surface area contributed by atoms with Gasteiger partial charge in [0.25, 0.3) is 0 Å². The molecule has 1 heterocycles. The molecule has 0 spiro atoms. The molecular formula is C18H15BrFNO3. The fraction of sp³-hybridized carbons (Fsp3) is 0.167. The first-order valence-electron chi connectivity index (χ1n) is 7.36. The maximum absolute atomic E-state index is 13.2. The second-order valence-electron chi connectivity index (χ2n) is 5.35. The van der Waals surface area contributed by atoms with Gasteiger partial charge in [-0.25, -0.2) is 4.39 Å². The maximum Gasteiger partial charge on any atom is 0.244 e. The molecular weight excluding hydrogens is 377 g/mol. The highest BCUT2D eigenvalue weighted by atomic mass is 79.9. The molecule has 1 unspecified atom stereocenters. The van der Waals surface area contributed by atoms with E-state index < -0.39 is 0 Å².